The molecule has 0 aliphatic rings. The van der Waals surface area contributed by atoms with Crippen LogP contribution in [-0.2, 0) is 10.0 Å². The molecule has 0 bridgehead atoms. The predicted octanol–water partition coefficient (Wildman–Crippen LogP) is 3.24. The number of likely N-dealkylation sites (N-methyl/N-ethyl adjacent to an activating group) is 1. The van der Waals surface area contributed by atoms with Gasteiger partial charge in [0, 0.05) is 24.1 Å². The van der Waals surface area contributed by atoms with Crippen LogP contribution in [0.5, 0.6) is 0 Å². The summed E-state index contributed by atoms with van der Waals surface area (Å²) in [5, 5.41) is 11.9. The van der Waals surface area contributed by atoms with Crippen molar-refractivity contribution >= 4 is 39.1 Å². The number of hydrogen-bond donors (Lipinski definition) is 1. The summed E-state index contributed by atoms with van der Waals surface area (Å²) < 4.78 is 27.1. The third kappa shape index (κ3) is 5.42. The van der Waals surface area contributed by atoms with Gasteiger partial charge in [-0.3, -0.25) is 10.1 Å². The van der Waals surface area contributed by atoms with Crippen molar-refractivity contribution < 1.29 is 13.3 Å². The Morgan fingerprint density at radius 2 is 1.88 bits per heavy atom. The molecule has 10 heteroatoms. The summed E-state index contributed by atoms with van der Waals surface area (Å²) in [6.45, 7) is 0.723. The molecule has 0 heterocycles. The monoisotopic (exact) mass is 415 g/mol. The molecule has 7 nitrogen and oxygen atoms in total. The largest absolute Gasteiger partial charge is 0.308 e. The number of nitro groups is 1. The van der Waals surface area contributed by atoms with E-state index in [0.717, 1.165) is 17.8 Å². The second-order valence-electron chi connectivity index (χ2n) is 5.62. The number of nitro benzene ring substituents is 1. The van der Waals surface area contributed by atoms with Crippen molar-refractivity contribution in [2.45, 2.75) is 14.7 Å². The first-order valence-corrected chi connectivity index (χ1v) is 10.2. The molecule has 2 aromatic rings. The van der Waals surface area contributed by atoms with Crippen LogP contribution in [0.1, 0.15) is 0 Å². The summed E-state index contributed by atoms with van der Waals surface area (Å²) in [5.41, 5.74) is -0.287. The SMILES string of the molecule is CN(C)CCNS(=O)(=O)c1ccc(Sc2ccccc2Cl)c([N+](=O)[O-])c1. The molecule has 0 unspecified atom stereocenters. The van der Waals surface area contributed by atoms with Gasteiger partial charge in [0.25, 0.3) is 5.69 Å². The fourth-order valence-corrected chi connectivity index (χ4v) is 4.24. The fraction of sp³-hybridized carbons (Fsp3) is 0.250. The van der Waals surface area contributed by atoms with Crippen molar-refractivity contribution in [3.8, 4) is 0 Å². The van der Waals surface area contributed by atoms with E-state index in [1.807, 2.05) is 19.0 Å². The average molecular weight is 416 g/mol. The molecule has 0 fully saturated rings. The number of benzene rings is 2. The van der Waals surface area contributed by atoms with Gasteiger partial charge in [0.2, 0.25) is 10.0 Å². The minimum absolute atomic E-state index is 0.147. The van der Waals surface area contributed by atoms with Crippen LogP contribution >= 0.6 is 23.4 Å². The first-order chi connectivity index (χ1) is 12.2. The van der Waals surface area contributed by atoms with Gasteiger partial charge in [0.05, 0.1) is 19.7 Å². The quantitative estimate of drug-likeness (QED) is 0.525. The molecule has 1 N–H and O–H groups in total. The van der Waals surface area contributed by atoms with Gasteiger partial charge >= 0.3 is 0 Å². The molecular weight excluding hydrogens is 398 g/mol. The van der Waals surface area contributed by atoms with E-state index in [0.29, 0.717) is 21.4 Å². The number of halogens is 1. The van der Waals surface area contributed by atoms with Crippen molar-refractivity contribution in [2.24, 2.45) is 0 Å². The molecule has 0 atom stereocenters. The van der Waals surface area contributed by atoms with Crippen LogP contribution in [0, 0.1) is 10.1 Å². The van der Waals surface area contributed by atoms with Crippen LogP contribution in [-0.4, -0.2) is 45.4 Å². The van der Waals surface area contributed by atoms with E-state index in [-0.39, 0.29) is 17.1 Å². The van der Waals surface area contributed by atoms with Crippen LogP contribution in [0.25, 0.3) is 0 Å². The van der Waals surface area contributed by atoms with Crippen molar-refractivity contribution in [1.29, 1.82) is 0 Å². The smallest absolute Gasteiger partial charge is 0.284 e. The Morgan fingerprint density at radius 3 is 2.50 bits per heavy atom. The number of nitrogens with one attached hydrogen (secondary N) is 1. The molecule has 0 saturated carbocycles. The maximum absolute atomic E-state index is 12.3. The Morgan fingerprint density at radius 1 is 1.19 bits per heavy atom. The van der Waals surface area contributed by atoms with Gasteiger partial charge in [0.1, 0.15) is 0 Å². The standard InChI is InChI=1S/C16H18ClN3O4S2/c1-19(2)10-9-18-26(23,24)12-7-8-16(14(11-12)20(21)22)25-15-6-4-3-5-13(15)17/h3-8,11,18H,9-10H2,1-2H3. The normalized spacial score (nSPS) is 11.7. The molecule has 0 aromatic heterocycles. The summed E-state index contributed by atoms with van der Waals surface area (Å²) in [7, 11) is -0.188. The number of hydrogen-bond acceptors (Lipinski definition) is 6. The van der Waals surface area contributed by atoms with Gasteiger partial charge < -0.3 is 4.90 Å². The highest BCUT2D eigenvalue weighted by Gasteiger charge is 2.22. The molecule has 0 spiro atoms. The average Bonchev–Trinajstić information content (AvgIpc) is 2.56. The molecule has 140 valence electrons. The van der Waals surface area contributed by atoms with Crippen LogP contribution in [0.4, 0.5) is 5.69 Å². The summed E-state index contributed by atoms with van der Waals surface area (Å²) in [6.07, 6.45) is 0. The van der Waals surface area contributed by atoms with Gasteiger partial charge in [-0.15, -0.1) is 0 Å². The van der Waals surface area contributed by atoms with Gasteiger partial charge in [-0.1, -0.05) is 35.5 Å². The molecule has 0 saturated heterocycles. The van der Waals surface area contributed by atoms with E-state index in [4.69, 9.17) is 11.6 Å². The summed E-state index contributed by atoms with van der Waals surface area (Å²) in [6, 6.07) is 10.8. The van der Waals surface area contributed by atoms with E-state index in [2.05, 4.69) is 4.72 Å². The fourth-order valence-electron chi connectivity index (χ4n) is 2.03. The third-order valence-electron chi connectivity index (χ3n) is 3.35. The Bertz CT molecular complexity index is 904. The molecule has 0 radical (unpaired) electrons. The Hall–Kier alpha value is -1.65. The maximum atomic E-state index is 12.3. The van der Waals surface area contributed by atoms with E-state index < -0.39 is 14.9 Å². The second-order valence-corrected chi connectivity index (χ2v) is 8.88. The Kier molecular flexibility index (Phi) is 7.01. The van der Waals surface area contributed by atoms with Gasteiger partial charge in [-0.2, -0.15) is 0 Å². The first-order valence-electron chi connectivity index (χ1n) is 7.56. The number of nitrogens with zero attached hydrogens (tertiary/aromatic N) is 2. The second kappa shape index (κ2) is 8.83. The number of sulfonamides is 1. The zero-order valence-electron chi connectivity index (χ0n) is 14.2. The lowest BCUT2D eigenvalue weighted by Gasteiger charge is -2.11. The molecule has 2 rings (SSSR count). The molecule has 0 aliphatic carbocycles. The van der Waals surface area contributed by atoms with Crippen molar-refractivity contribution in [1.82, 2.24) is 9.62 Å². The van der Waals surface area contributed by atoms with Gasteiger partial charge in [0.15, 0.2) is 0 Å². The van der Waals surface area contributed by atoms with Gasteiger partial charge in [-0.25, -0.2) is 13.1 Å². The van der Waals surface area contributed by atoms with Crippen LogP contribution in [0.15, 0.2) is 57.2 Å². The lowest BCUT2D eigenvalue weighted by atomic mass is 10.3. The van der Waals surface area contributed by atoms with E-state index in [9.17, 15) is 18.5 Å². The number of rotatable bonds is 8. The summed E-state index contributed by atoms with van der Waals surface area (Å²) >= 11 is 7.21. The highest BCUT2D eigenvalue weighted by molar-refractivity contribution is 7.99. The minimum Gasteiger partial charge on any atom is -0.308 e. The van der Waals surface area contributed by atoms with Crippen molar-refractivity contribution in [3.63, 3.8) is 0 Å². The summed E-state index contributed by atoms with van der Waals surface area (Å²) in [4.78, 5) is 13.5. The maximum Gasteiger partial charge on any atom is 0.284 e. The lowest BCUT2D eigenvalue weighted by Crippen LogP contribution is -2.31. The van der Waals surface area contributed by atoms with E-state index in [1.54, 1.807) is 24.3 Å². The highest BCUT2D eigenvalue weighted by atomic mass is 35.5. The molecular formula is C16H18ClN3O4S2. The molecule has 0 aliphatic heterocycles. The predicted molar refractivity (Wildman–Crippen MR) is 102 cm³/mol. The topological polar surface area (TPSA) is 92.6 Å². The molecule has 2 aromatic carbocycles. The van der Waals surface area contributed by atoms with Crippen molar-refractivity contribution in [2.75, 3.05) is 27.2 Å². The van der Waals surface area contributed by atoms with Crippen LogP contribution in [0.2, 0.25) is 5.02 Å². The lowest BCUT2D eigenvalue weighted by molar-refractivity contribution is -0.388. The third-order valence-corrected chi connectivity index (χ3v) is 6.39. The zero-order valence-corrected chi connectivity index (χ0v) is 16.6. The Labute approximate surface area is 161 Å². The Balaban J connectivity index is 2.31. The van der Waals surface area contributed by atoms with Crippen LogP contribution < -0.4 is 4.72 Å². The highest BCUT2D eigenvalue weighted by Crippen LogP contribution is 2.38. The van der Waals surface area contributed by atoms with E-state index >= 15 is 0 Å². The van der Waals surface area contributed by atoms with Crippen LogP contribution in [0.3, 0.4) is 0 Å². The van der Waals surface area contributed by atoms with Gasteiger partial charge in [-0.05, 0) is 38.4 Å². The first kappa shape index (κ1) is 20.7. The van der Waals surface area contributed by atoms with Crippen molar-refractivity contribution in [3.05, 3.63) is 57.6 Å². The zero-order chi connectivity index (χ0) is 19.3. The minimum atomic E-state index is -3.83. The van der Waals surface area contributed by atoms with E-state index in [1.165, 1.54) is 12.1 Å². The summed E-state index contributed by atoms with van der Waals surface area (Å²) in [5.74, 6) is 0. The molecule has 26 heavy (non-hydrogen) atoms. The molecule has 0 amide bonds.